The van der Waals surface area contributed by atoms with Gasteiger partial charge >= 0.3 is 0 Å². The monoisotopic (exact) mass is 419 g/mol. The quantitative estimate of drug-likeness (QED) is 0.823. The van der Waals surface area contributed by atoms with E-state index < -0.39 is 5.82 Å². The third kappa shape index (κ3) is 4.42. The minimum Gasteiger partial charge on any atom is -0.492 e. The van der Waals surface area contributed by atoms with Crippen molar-refractivity contribution in [2.45, 2.75) is 12.8 Å². The van der Waals surface area contributed by atoms with Gasteiger partial charge in [-0.2, -0.15) is 0 Å². The number of piperidine rings is 1. The summed E-state index contributed by atoms with van der Waals surface area (Å²) in [6.07, 6.45) is 2.98. The molecule has 1 aromatic carbocycles. The third-order valence-corrected chi connectivity index (χ3v) is 5.29. The number of halogens is 2. The number of ether oxygens (including phenoxy) is 2. The Morgan fingerprint density at radius 3 is 2.93 bits per heavy atom. The largest absolute Gasteiger partial charge is 0.492 e. The summed E-state index contributed by atoms with van der Waals surface area (Å²) in [7, 11) is 0. The molecular weight excluding hydrogens is 401 g/mol. The molecular formula is C20H19ClFN3O4. The Hall–Kier alpha value is -2.87. The van der Waals surface area contributed by atoms with Gasteiger partial charge in [0.05, 0.1) is 17.2 Å². The van der Waals surface area contributed by atoms with Gasteiger partial charge in [-0.3, -0.25) is 9.59 Å². The Kier molecular flexibility index (Phi) is 5.53. The molecule has 9 heteroatoms. The highest BCUT2D eigenvalue weighted by molar-refractivity contribution is 6.32. The zero-order valence-corrected chi connectivity index (χ0v) is 16.2. The van der Waals surface area contributed by atoms with Crippen molar-refractivity contribution < 1.29 is 23.5 Å². The van der Waals surface area contributed by atoms with Gasteiger partial charge in [-0.05, 0) is 37.0 Å². The number of anilines is 1. The normalized spacial score (nSPS) is 16.6. The Morgan fingerprint density at radius 1 is 1.34 bits per heavy atom. The minimum absolute atomic E-state index is 0.0797. The fraction of sp³-hybridized carbons (Fsp3) is 0.350. The van der Waals surface area contributed by atoms with Gasteiger partial charge in [0.2, 0.25) is 5.88 Å². The number of likely N-dealkylation sites (tertiary alicyclic amines) is 1. The number of rotatable bonds is 4. The highest BCUT2D eigenvalue weighted by atomic mass is 35.5. The van der Waals surface area contributed by atoms with E-state index in [-0.39, 0.29) is 24.3 Å². The molecule has 2 amide bonds. The summed E-state index contributed by atoms with van der Waals surface area (Å²) in [5, 5.41) is 3.03. The standard InChI is InChI=1S/C20H19ClFN3O4/c21-15-2-1-14(22)8-17(15)28-10-12-3-5-25(6-4-12)20(27)13-7-16-19(23-9-13)29-11-18(26)24-16/h1-2,7-9,12H,3-6,10-11H2,(H,24,26). The molecule has 2 aliphatic heterocycles. The molecule has 1 saturated heterocycles. The summed E-state index contributed by atoms with van der Waals surface area (Å²) in [5.74, 6) is 0.0659. The molecule has 0 bridgehead atoms. The summed E-state index contributed by atoms with van der Waals surface area (Å²) < 4.78 is 24.2. The molecule has 1 fully saturated rings. The maximum atomic E-state index is 13.3. The Morgan fingerprint density at radius 2 is 2.14 bits per heavy atom. The molecule has 0 saturated carbocycles. The van der Waals surface area contributed by atoms with Crippen LogP contribution in [0.5, 0.6) is 11.6 Å². The molecule has 1 N–H and O–H groups in total. The second kappa shape index (κ2) is 8.24. The molecule has 0 aliphatic carbocycles. The third-order valence-electron chi connectivity index (χ3n) is 4.98. The van der Waals surface area contributed by atoms with Crippen molar-refractivity contribution in [1.82, 2.24) is 9.88 Å². The topological polar surface area (TPSA) is 80.8 Å². The molecule has 4 rings (SSSR count). The second-order valence-corrected chi connectivity index (χ2v) is 7.44. The molecule has 0 atom stereocenters. The van der Waals surface area contributed by atoms with Gasteiger partial charge < -0.3 is 19.7 Å². The Balaban J connectivity index is 1.32. The van der Waals surface area contributed by atoms with Crippen LogP contribution in [0, 0.1) is 11.7 Å². The van der Waals surface area contributed by atoms with E-state index in [0.29, 0.717) is 47.6 Å². The molecule has 0 spiro atoms. The van der Waals surface area contributed by atoms with E-state index >= 15 is 0 Å². The number of aromatic nitrogens is 1. The number of hydrogen-bond donors (Lipinski definition) is 1. The average Bonchev–Trinajstić information content (AvgIpc) is 2.73. The van der Waals surface area contributed by atoms with Crippen molar-refractivity contribution >= 4 is 29.1 Å². The smallest absolute Gasteiger partial charge is 0.262 e. The van der Waals surface area contributed by atoms with Crippen molar-refractivity contribution in [1.29, 1.82) is 0 Å². The maximum absolute atomic E-state index is 13.3. The number of hydrogen-bond acceptors (Lipinski definition) is 5. The second-order valence-electron chi connectivity index (χ2n) is 7.03. The first-order valence-corrected chi connectivity index (χ1v) is 9.67. The average molecular weight is 420 g/mol. The maximum Gasteiger partial charge on any atom is 0.262 e. The van der Waals surface area contributed by atoms with Crippen LogP contribution in [-0.4, -0.2) is 48.0 Å². The highest BCUT2D eigenvalue weighted by Crippen LogP contribution is 2.28. The van der Waals surface area contributed by atoms with Crippen LogP contribution < -0.4 is 14.8 Å². The van der Waals surface area contributed by atoms with Gasteiger partial charge in [-0.15, -0.1) is 0 Å². The lowest BCUT2D eigenvalue weighted by atomic mass is 9.97. The molecule has 152 valence electrons. The molecule has 29 heavy (non-hydrogen) atoms. The van der Waals surface area contributed by atoms with Crippen molar-refractivity contribution in [3.05, 3.63) is 46.9 Å². The number of carbonyl (C=O) groups excluding carboxylic acids is 2. The van der Waals surface area contributed by atoms with Gasteiger partial charge in [-0.25, -0.2) is 9.37 Å². The fourth-order valence-electron chi connectivity index (χ4n) is 3.37. The zero-order chi connectivity index (χ0) is 20.4. The molecule has 2 aromatic rings. The zero-order valence-electron chi connectivity index (χ0n) is 15.5. The van der Waals surface area contributed by atoms with Crippen molar-refractivity contribution in [3.8, 4) is 11.6 Å². The van der Waals surface area contributed by atoms with Crippen LogP contribution in [0.2, 0.25) is 5.02 Å². The fourth-order valence-corrected chi connectivity index (χ4v) is 3.55. The summed E-state index contributed by atoms with van der Waals surface area (Å²) in [4.78, 5) is 30.1. The van der Waals surface area contributed by atoms with Crippen molar-refractivity contribution in [2.75, 3.05) is 31.6 Å². The van der Waals surface area contributed by atoms with E-state index in [1.165, 1.54) is 24.4 Å². The van der Waals surface area contributed by atoms with Gasteiger partial charge in [0.1, 0.15) is 17.3 Å². The predicted octanol–water partition coefficient (Wildman–Crippen LogP) is 3.14. The lowest BCUT2D eigenvalue weighted by Gasteiger charge is -2.32. The molecule has 2 aliphatic rings. The van der Waals surface area contributed by atoms with E-state index in [1.54, 1.807) is 11.0 Å². The minimum atomic E-state index is -0.398. The van der Waals surface area contributed by atoms with Crippen LogP contribution in [0.25, 0.3) is 0 Å². The summed E-state index contributed by atoms with van der Waals surface area (Å²) in [5.41, 5.74) is 0.804. The first-order valence-electron chi connectivity index (χ1n) is 9.29. The highest BCUT2D eigenvalue weighted by Gasteiger charge is 2.26. The first kappa shape index (κ1) is 19.4. The number of nitrogens with one attached hydrogen (secondary N) is 1. The van der Waals surface area contributed by atoms with E-state index in [2.05, 4.69) is 10.3 Å². The van der Waals surface area contributed by atoms with Crippen LogP contribution in [0.3, 0.4) is 0 Å². The Labute approximate surface area is 171 Å². The molecule has 0 unspecified atom stereocenters. The van der Waals surface area contributed by atoms with E-state index in [0.717, 1.165) is 12.8 Å². The van der Waals surface area contributed by atoms with Crippen LogP contribution in [0.4, 0.5) is 10.1 Å². The van der Waals surface area contributed by atoms with E-state index in [4.69, 9.17) is 21.1 Å². The van der Waals surface area contributed by atoms with Gasteiger partial charge in [-0.1, -0.05) is 11.6 Å². The van der Waals surface area contributed by atoms with Gasteiger partial charge in [0, 0.05) is 25.4 Å². The molecule has 1 aromatic heterocycles. The van der Waals surface area contributed by atoms with Crippen LogP contribution in [0.1, 0.15) is 23.2 Å². The Bertz CT molecular complexity index is 947. The number of carbonyl (C=O) groups is 2. The van der Waals surface area contributed by atoms with Crippen molar-refractivity contribution in [2.24, 2.45) is 5.92 Å². The number of amides is 2. The van der Waals surface area contributed by atoms with Crippen molar-refractivity contribution in [3.63, 3.8) is 0 Å². The number of benzene rings is 1. The number of pyridine rings is 1. The van der Waals surface area contributed by atoms with E-state index in [1.807, 2.05) is 0 Å². The number of nitrogens with zero attached hydrogens (tertiary/aromatic N) is 2. The predicted molar refractivity (Wildman–Crippen MR) is 104 cm³/mol. The SMILES string of the molecule is O=C1COc2ncc(C(=O)N3CCC(COc4cc(F)ccc4Cl)CC3)cc2N1. The lowest BCUT2D eigenvalue weighted by molar-refractivity contribution is -0.118. The molecule has 0 radical (unpaired) electrons. The van der Waals surface area contributed by atoms with Crippen LogP contribution in [-0.2, 0) is 4.79 Å². The lowest BCUT2D eigenvalue weighted by Crippen LogP contribution is -2.39. The van der Waals surface area contributed by atoms with Gasteiger partial charge in [0.15, 0.2) is 6.61 Å². The first-order chi connectivity index (χ1) is 14.0. The van der Waals surface area contributed by atoms with Gasteiger partial charge in [0.25, 0.3) is 11.8 Å². The molecule has 7 nitrogen and oxygen atoms in total. The number of fused-ring (bicyclic) bond motifs is 1. The summed E-state index contributed by atoms with van der Waals surface area (Å²) >= 11 is 6.02. The summed E-state index contributed by atoms with van der Waals surface area (Å²) in [6, 6.07) is 5.61. The summed E-state index contributed by atoms with van der Waals surface area (Å²) in [6.45, 7) is 1.48. The molecule has 3 heterocycles. The van der Waals surface area contributed by atoms with Crippen LogP contribution >= 0.6 is 11.6 Å². The van der Waals surface area contributed by atoms with E-state index in [9.17, 15) is 14.0 Å². The van der Waals surface area contributed by atoms with Crippen LogP contribution in [0.15, 0.2) is 30.5 Å².